The molecule has 0 saturated carbocycles. The molecule has 358 valence electrons. The van der Waals surface area contributed by atoms with Crippen LogP contribution in [0.4, 0.5) is 28.4 Å². The Labute approximate surface area is 434 Å². The molecule has 3 heterocycles. The maximum absolute atomic E-state index is 2.85. The summed E-state index contributed by atoms with van der Waals surface area (Å²) >= 11 is 1.96. The maximum Gasteiger partial charge on any atom is 0.333 e. The van der Waals surface area contributed by atoms with Crippen LogP contribution >= 0.6 is 11.8 Å². The van der Waals surface area contributed by atoms with E-state index >= 15 is 0 Å². The van der Waals surface area contributed by atoms with Gasteiger partial charge in [0.25, 0.3) is 0 Å². The molecule has 0 unspecified atom stereocenters. The highest BCUT2D eigenvalue weighted by molar-refractivity contribution is 7.99. The average Bonchev–Trinajstić information content (AvgIpc) is 3.58. The number of hydrogen-bond donors (Lipinski definition) is 0. The van der Waals surface area contributed by atoms with Crippen molar-refractivity contribution in [1.82, 2.24) is 0 Å². The second kappa shape index (κ2) is 15.2. The molecule has 0 fully saturated rings. The van der Waals surface area contributed by atoms with Gasteiger partial charge in [0.05, 0.1) is 0 Å². The first-order valence-corrected chi connectivity index (χ1v) is 27.3. The van der Waals surface area contributed by atoms with Gasteiger partial charge in [0.15, 0.2) is 0 Å². The van der Waals surface area contributed by atoms with Crippen molar-refractivity contribution in [3.63, 3.8) is 0 Å². The van der Waals surface area contributed by atoms with Gasteiger partial charge >= 0.3 is 6.85 Å². The predicted octanol–water partition coefficient (Wildman–Crippen LogP) is 17.4. The van der Waals surface area contributed by atoms with E-state index in [2.05, 4.69) is 245 Å². The van der Waals surface area contributed by atoms with Crippen LogP contribution in [0.1, 0.15) is 139 Å². The molecule has 3 aliphatic heterocycles. The van der Waals surface area contributed by atoms with E-state index in [0.717, 1.165) is 0 Å². The molecule has 0 atom stereocenters. The van der Waals surface area contributed by atoms with Crippen LogP contribution in [0, 0.1) is 13.8 Å². The molecule has 8 aromatic rings. The van der Waals surface area contributed by atoms with Gasteiger partial charge in [-0.15, -0.1) is 0 Å². The minimum Gasteiger partial charge on any atom is -0.376 e. The Kier molecular flexibility index (Phi) is 9.61. The summed E-state index contributed by atoms with van der Waals surface area (Å²) in [6.45, 7) is 31.3. The lowest BCUT2D eigenvalue weighted by Gasteiger charge is -2.49. The SMILES string of the molecule is Cc1cc2c3c(c1)N(c1cc4c(cc1C)C(C)(C)CCC4(C)C)c1cc4c(cc1B3N(c1ccc(C(C)(C)C)cc1-c1ccccc1)c1c-2ccc2c1C(C)(C)c1ccccc1-2)Sc1ccccc1C4(C)C. The lowest BCUT2D eigenvalue weighted by molar-refractivity contribution is 0.332. The summed E-state index contributed by atoms with van der Waals surface area (Å²) < 4.78 is 0. The Hall–Kier alpha value is -6.23. The van der Waals surface area contributed by atoms with Crippen molar-refractivity contribution in [3.8, 4) is 33.4 Å². The second-order valence-electron chi connectivity index (χ2n) is 25.3. The van der Waals surface area contributed by atoms with Gasteiger partial charge in [0.2, 0.25) is 0 Å². The molecule has 2 aliphatic carbocycles. The van der Waals surface area contributed by atoms with E-state index in [9.17, 15) is 0 Å². The third-order valence-electron chi connectivity index (χ3n) is 18.0. The van der Waals surface area contributed by atoms with E-state index in [1.165, 1.54) is 145 Å². The van der Waals surface area contributed by atoms with Gasteiger partial charge in [0.1, 0.15) is 0 Å². The first-order valence-electron chi connectivity index (χ1n) is 26.5. The molecule has 13 rings (SSSR count). The monoisotopic (exact) mass is 955 g/mol. The lowest BCUT2D eigenvalue weighted by atomic mass is 9.42. The van der Waals surface area contributed by atoms with Gasteiger partial charge in [0, 0.05) is 60.2 Å². The van der Waals surface area contributed by atoms with Crippen LogP contribution < -0.4 is 20.6 Å². The fourth-order valence-electron chi connectivity index (χ4n) is 13.9. The summed E-state index contributed by atoms with van der Waals surface area (Å²) in [7, 11) is 0. The van der Waals surface area contributed by atoms with Crippen LogP contribution in [0.3, 0.4) is 0 Å². The second-order valence-corrected chi connectivity index (χ2v) is 26.4. The number of aryl methyl sites for hydroxylation is 2. The van der Waals surface area contributed by atoms with E-state index in [1.807, 2.05) is 11.8 Å². The number of anilines is 5. The zero-order chi connectivity index (χ0) is 50.2. The third kappa shape index (κ3) is 6.36. The minimum atomic E-state index is -0.262. The number of nitrogens with zero attached hydrogens (tertiary/aromatic N) is 2. The van der Waals surface area contributed by atoms with Crippen molar-refractivity contribution < 1.29 is 0 Å². The summed E-state index contributed by atoms with van der Waals surface area (Å²) in [5, 5.41) is 0. The molecule has 0 spiro atoms. The first-order chi connectivity index (χ1) is 34.2. The van der Waals surface area contributed by atoms with Gasteiger partial charge in [-0.3, -0.25) is 0 Å². The van der Waals surface area contributed by atoms with Crippen LogP contribution in [0.2, 0.25) is 0 Å². The number of benzene rings is 8. The lowest BCUT2D eigenvalue weighted by Crippen LogP contribution is -2.62. The first kappa shape index (κ1) is 45.6. The van der Waals surface area contributed by atoms with Gasteiger partial charge in [-0.05, 0) is 169 Å². The average molecular weight is 955 g/mol. The Balaban J connectivity index is 1.19. The molecule has 0 bridgehead atoms. The quantitative estimate of drug-likeness (QED) is 0.163. The molecule has 0 aromatic heterocycles. The van der Waals surface area contributed by atoms with Crippen molar-refractivity contribution in [1.29, 1.82) is 0 Å². The Morgan fingerprint density at radius 3 is 1.88 bits per heavy atom. The molecule has 0 saturated heterocycles. The fourth-order valence-corrected chi connectivity index (χ4v) is 15.3. The summed E-state index contributed by atoms with van der Waals surface area (Å²) in [6, 6.07) is 57.4. The Bertz CT molecular complexity index is 3640. The minimum absolute atomic E-state index is 0.0438. The Morgan fingerprint density at radius 2 is 1.14 bits per heavy atom. The summed E-state index contributed by atoms with van der Waals surface area (Å²) in [5.41, 5.74) is 29.1. The van der Waals surface area contributed by atoms with Crippen molar-refractivity contribution >= 4 is 58.0 Å². The van der Waals surface area contributed by atoms with Gasteiger partial charge < -0.3 is 9.71 Å². The summed E-state index contributed by atoms with van der Waals surface area (Å²) in [6.07, 6.45) is 2.36. The number of hydrogen-bond acceptors (Lipinski definition) is 3. The normalized spacial score (nSPS) is 17.7. The van der Waals surface area contributed by atoms with E-state index in [1.54, 1.807) is 0 Å². The van der Waals surface area contributed by atoms with Crippen molar-refractivity contribution in [3.05, 3.63) is 196 Å². The molecular weight excluding hydrogens is 888 g/mol. The highest BCUT2D eigenvalue weighted by Gasteiger charge is 2.51. The number of rotatable bonds is 3. The molecule has 8 aromatic carbocycles. The molecule has 2 nitrogen and oxygen atoms in total. The van der Waals surface area contributed by atoms with Crippen LogP contribution in [-0.2, 0) is 27.1 Å². The van der Waals surface area contributed by atoms with E-state index < -0.39 is 0 Å². The zero-order valence-electron chi connectivity index (χ0n) is 44.7. The topological polar surface area (TPSA) is 6.48 Å². The van der Waals surface area contributed by atoms with E-state index in [-0.39, 0.29) is 33.9 Å². The maximum atomic E-state index is 2.85. The van der Waals surface area contributed by atoms with Crippen LogP contribution in [-0.4, -0.2) is 6.85 Å². The highest BCUT2D eigenvalue weighted by atomic mass is 32.2. The number of fused-ring (bicyclic) bond motifs is 11. The van der Waals surface area contributed by atoms with E-state index in [4.69, 9.17) is 0 Å². The highest BCUT2D eigenvalue weighted by Crippen LogP contribution is 2.60. The third-order valence-corrected chi connectivity index (χ3v) is 19.2. The Morgan fingerprint density at radius 1 is 0.486 bits per heavy atom. The molecule has 4 heteroatoms. The smallest absolute Gasteiger partial charge is 0.333 e. The summed E-state index contributed by atoms with van der Waals surface area (Å²) in [4.78, 5) is 8.27. The van der Waals surface area contributed by atoms with E-state index in [0.29, 0.717) is 0 Å². The molecule has 0 amide bonds. The fraction of sp³-hybridized carbons (Fsp3) is 0.294. The van der Waals surface area contributed by atoms with Crippen LogP contribution in [0.15, 0.2) is 155 Å². The van der Waals surface area contributed by atoms with Crippen LogP contribution in [0.25, 0.3) is 33.4 Å². The molecule has 5 aliphatic rings. The van der Waals surface area contributed by atoms with Gasteiger partial charge in [-0.2, -0.15) is 0 Å². The van der Waals surface area contributed by atoms with Gasteiger partial charge in [-0.1, -0.05) is 191 Å². The largest absolute Gasteiger partial charge is 0.376 e. The van der Waals surface area contributed by atoms with Gasteiger partial charge in [-0.25, -0.2) is 0 Å². The van der Waals surface area contributed by atoms with Crippen molar-refractivity contribution in [2.45, 2.75) is 140 Å². The zero-order valence-corrected chi connectivity index (χ0v) is 45.5. The van der Waals surface area contributed by atoms with Crippen molar-refractivity contribution in [2.75, 3.05) is 9.71 Å². The standard InChI is InChI=1S/C68H67BN2S/c1-40-33-48-46-29-28-45-44-23-17-18-24-49(44)68(12,13)61(45)63(46)71(55-30-27-43(64(3,4)5)36-47(55)42-21-15-14-16-22-42)69-54-39-60-53(67(10,11)50-25-19-20-26-59(50)72-60)38-57(54)70(58(34-40)62(48)69)56-37-52-51(35-41(56)2)65(6,7)31-32-66(52,8)9/h14-30,33-39H,31-32H2,1-13H3. The molecular formula is C68H67BN2S. The van der Waals surface area contributed by atoms with Crippen molar-refractivity contribution in [2.24, 2.45) is 0 Å². The molecule has 0 radical (unpaired) electrons. The van der Waals surface area contributed by atoms with Crippen LogP contribution in [0.5, 0.6) is 0 Å². The summed E-state index contributed by atoms with van der Waals surface area (Å²) in [5.74, 6) is 0. The molecule has 72 heavy (non-hydrogen) atoms. The predicted molar refractivity (Wildman–Crippen MR) is 309 cm³/mol. The molecule has 0 N–H and O–H groups in total.